The lowest BCUT2D eigenvalue weighted by Crippen LogP contribution is -2.34. The molecule has 0 fully saturated rings. The van der Waals surface area contributed by atoms with E-state index in [0.29, 0.717) is 0 Å². The van der Waals surface area contributed by atoms with Gasteiger partial charge in [0.2, 0.25) is 0 Å². The number of alkyl halides is 1. The molecule has 0 saturated carbocycles. The van der Waals surface area contributed by atoms with Gasteiger partial charge in [-0.3, -0.25) is 4.79 Å². The Morgan fingerprint density at radius 3 is 2.41 bits per heavy atom. The Bertz CT molecular complexity index is 348. The van der Waals surface area contributed by atoms with Gasteiger partial charge in [0.25, 0.3) is 5.91 Å². The van der Waals surface area contributed by atoms with Crippen LogP contribution in [0.1, 0.15) is 42.6 Å². The van der Waals surface area contributed by atoms with Gasteiger partial charge in [-0.2, -0.15) is 0 Å². The number of amides is 1. The summed E-state index contributed by atoms with van der Waals surface area (Å²) in [5.41, 5.74) is 2.00. The topological polar surface area (TPSA) is 29.1 Å². The highest BCUT2D eigenvalue weighted by atomic mass is 79.9. The van der Waals surface area contributed by atoms with E-state index in [9.17, 15) is 4.79 Å². The second-order valence-electron chi connectivity index (χ2n) is 4.11. The highest BCUT2D eigenvalue weighted by molar-refractivity contribution is 9.09. The van der Waals surface area contributed by atoms with Crippen LogP contribution in [-0.2, 0) is 6.42 Å². The summed E-state index contributed by atoms with van der Waals surface area (Å²) in [7, 11) is 0. The first-order valence-electron chi connectivity index (χ1n) is 6.17. The zero-order valence-electron chi connectivity index (χ0n) is 10.5. The van der Waals surface area contributed by atoms with E-state index in [2.05, 4.69) is 35.1 Å². The van der Waals surface area contributed by atoms with Crippen LogP contribution in [0.4, 0.5) is 0 Å². The van der Waals surface area contributed by atoms with Crippen LogP contribution in [0.5, 0.6) is 0 Å². The minimum absolute atomic E-state index is 0.0282. The van der Waals surface area contributed by atoms with Gasteiger partial charge in [-0.15, -0.1) is 0 Å². The summed E-state index contributed by atoms with van der Waals surface area (Å²) in [6.07, 6.45) is 2.93. The second-order valence-corrected chi connectivity index (χ2v) is 4.90. The fraction of sp³-hybridized carbons (Fsp3) is 0.500. The first-order chi connectivity index (χ1) is 8.21. The molecule has 0 aromatic heterocycles. The van der Waals surface area contributed by atoms with Crippen molar-refractivity contribution in [2.45, 2.75) is 39.2 Å². The van der Waals surface area contributed by atoms with Gasteiger partial charge in [0.1, 0.15) is 0 Å². The molecule has 0 heterocycles. The molecular formula is C14H20BrNO. The monoisotopic (exact) mass is 297 g/mol. The largest absolute Gasteiger partial charge is 0.349 e. The molecule has 0 radical (unpaired) electrons. The third kappa shape index (κ3) is 4.50. The molecule has 1 rings (SSSR count). The third-order valence-corrected chi connectivity index (χ3v) is 3.37. The predicted molar refractivity (Wildman–Crippen MR) is 75.8 cm³/mol. The minimum Gasteiger partial charge on any atom is -0.349 e. The SMILES string of the molecule is CCc1ccc(C(=O)NC(CC)CCBr)cc1. The molecule has 1 aromatic carbocycles. The van der Waals surface area contributed by atoms with Gasteiger partial charge in [-0.25, -0.2) is 0 Å². The van der Waals surface area contributed by atoms with Crippen molar-refractivity contribution in [2.24, 2.45) is 0 Å². The molecule has 3 heteroatoms. The van der Waals surface area contributed by atoms with Crippen LogP contribution in [0, 0.1) is 0 Å². The second kappa shape index (κ2) is 7.49. The number of halogens is 1. The summed E-state index contributed by atoms with van der Waals surface area (Å²) in [6.45, 7) is 4.20. The lowest BCUT2D eigenvalue weighted by molar-refractivity contribution is 0.0935. The maximum absolute atomic E-state index is 12.0. The van der Waals surface area contributed by atoms with Gasteiger partial charge in [0.15, 0.2) is 0 Å². The van der Waals surface area contributed by atoms with Crippen LogP contribution in [0.3, 0.4) is 0 Å². The van der Waals surface area contributed by atoms with Crippen LogP contribution in [0.2, 0.25) is 0 Å². The Labute approximate surface area is 112 Å². The molecule has 1 aromatic rings. The van der Waals surface area contributed by atoms with Gasteiger partial charge >= 0.3 is 0 Å². The molecule has 0 aliphatic rings. The van der Waals surface area contributed by atoms with Crippen LogP contribution in [-0.4, -0.2) is 17.3 Å². The fourth-order valence-electron chi connectivity index (χ4n) is 1.67. The number of benzene rings is 1. The number of rotatable bonds is 6. The van der Waals surface area contributed by atoms with Crippen molar-refractivity contribution in [3.63, 3.8) is 0 Å². The highest BCUT2D eigenvalue weighted by Gasteiger charge is 2.11. The van der Waals surface area contributed by atoms with Crippen molar-refractivity contribution >= 4 is 21.8 Å². The molecule has 2 nitrogen and oxygen atoms in total. The Hall–Kier alpha value is -0.830. The van der Waals surface area contributed by atoms with Gasteiger partial charge in [-0.1, -0.05) is 41.9 Å². The molecule has 94 valence electrons. The molecule has 1 amide bonds. The zero-order valence-corrected chi connectivity index (χ0v) is 12.1. The number of hydrogen-bond acceptors (Lipinski definition) is 1. The average Bonchev–Trinajstić information content (AvgIpc) is 2.38. The van der Waals surface area contributed by atoms with Crippen LogP contribution >= 0.6 is 15.9 Å². The zero-order chi connectivity index (χ0) is 12.7. The molecule has 0 aliphatic heterocycles. The van der Waals surface area contributed by atoms with Gasteiger partial charge in [-0.05, 0) is 37.0 Å². The highest BCUT2D eigenvalue weighted by Crippen LogP contribution is 2.07. The smallest absolute Gasteiger partial charge is 0.251 e. The van der Waals surface area contributed by atoms with E-state index in [1.165, 1.54) is 5.56 Å². The van der Waals surface area contributed by atoms with Crippen LogP contribution < -0.4 is 5.32 Å². The number of hydrogen-bond donors (Lipinski definition) is 1. The Kier molecular flexibility index (Phi) is 6.27. The van der Waals surface area contributed by atoms with E-state index >= 15 is 0 Å². The van der Waals surface area contributed by atoms with Crippen molar-refractivity contribution in [2.75, 3.05) is 5.33 Å². The first kappa shape index (κ1) is 14.2. The van der Waals surface area contributed by atoms with E-state index in [0.717, 1.165) is 30.2 Å². The third-order valence-electron chi connectivity index (χ3n) is 2.91. The van der Waals surface area contributed by atoms with Crippen molar-refractivity contribution in [3.05, 3.63) is 35.4 Å². The van der Waals surface area contributed by atoms with Gasteiger partial charge in [0, 0.05) is 16.9 Å². The minimum atomic E-state index is 0.0282. The van der Waals surface area contributed by atoms with Crippen molar-refractivity contribution in [1.82, 2.24) is 5.32 Å². The molecule has 1 atom stereocenters. The van der Waals surface area contributed by atoms with Gasteiger partial charge in [0.05, 0.1) is 0 Å². The molecular weight excluding hydrogens is 278 g/mol. The summed E-state index contributed by atoms with van der Waals surface area (Å²) in [6, 6.07) is 8.08. The van der Waals surface area contributed by atoms with Crippen LogP contribution in [0.25, 0.3) is 0 Å². The number of aryl methyl sites for hydroxylation is 1. The Morgan fingerprint density at radius 2 is 1.94 bits per heavy atom. The molecule has 0 saturated heterocycles. The van der Waals surface area contributed by atoms with E-state index in [1.54, 1.807) is 0 Å². The lowest BCUT2D eigenvalue weighted by Gasteiger charge is -2.15. The molecule has 1 unspecified atom stereocenters. The summed E-state index contributed by atoms with van der Waals surface area (Å²) in [5.74, 6) is 0.0282. The maximum atomic E-state index is 12.0. The summed E-state index contributed by atoms with van der Waals surface area (Å²) in [4.78, 5) is 12.0. The van der Waals surface area contributed by atoms with E-state index in [-0.39, 0.29) is 11.9 Å². The van der Waals surface area contributed by atoms with E-state index in [1.807, 2.05) is 24.3 Å². The van der Waals surface area contributed by atoms with Crippen molar-refractivity contribution in [1.29, 1.82) is 0 Å². The van der Waals surface area contributed by atoms with Crippen molar-refractivity contribution < 1.29 is 4.79 Å². The number of nitrogens with one attached hydrogen (secondary N) is 1. The Balaban J connectivity index is 2.62. The quantitative estimate of drug-likeness (QED) is 0.800. The number of carbonyl (C=O) groups is 1. The summed E-state index contributed by atoms with van der Waals surface area (Å²) in [5, 5.41) is 3.97. The van der Waals surface area contributed by atoms with E-state index < -0.39 is 0 Å². The maximum Gasteiger partial charge on any atom is 0.251 e. The predicted octanol–water partition coefficient (Wildman–Crippen LogP) is 3.54. The van der Waals surface area contributed by atoms with E-state index in [4.69, 9.17) is 0 Å². The summed E-state index contributed by atoms with van der Waals surface area (Å²) >= 11 is 3.40. The molecule has 0 spiro atoms. The molecule has 17 heavy (non-hydrogen) atoms. The Morgan fingerprint density at radius 1 is 1.29 bits per heavy atom. The van der Waals surface area contributed by atoms with Crippen molar-refractivity contribution in [3.8, 4) is 0 Å². The normalized spacial score (nSPS) is 12.2. The standard InChI is InChI=1S/C14H20BrNO/c1-3-11-5-7-12(8-6-11)14(17)16-13(4-2)9-10-15/h5-8,13H,3-4,9-10H2,1-2H3,(H,16,17). The number of carbonyl (C=O) groups excluding carboxylic acids is 1. The van der Waals surface area contributed by atoms with Crippen LogP contribution in [0.15, 0.2) is 24.3 Å². The fourth-order valence-corrected chi connectivity index (χ4v) is 2.22. The molecule has 1 N–H and O–H groups in total. The first-order valence-corrected chi connectivity index (χ1v) is 7.29. The summed E-state index contributed by atoms with van der Waals surface area (Å²) < 4.78 is 0. The molecule has 0 bridgehead atoms. The molecule has 0 aliphatic carbocycles. The average molecular weight is 298 g/mol. The lowest BCUT2D eigenvalue weighted by atomic mass is 10.1. The van der Waals surface area contributed by atoms with Gasteiger partial charge < -0.3 is 5.32 Å².